The van der Waals surface area contributed by atoms with Gasteiger partial charge < -0.3 is 15.1 Å². The highest BCUT2D eigenvalue weighted by Crippen LogP contribution is 2.20. The lowest BCUT2D eigenvalue weighted by atomic mass is 10.0. The van der Waals surface area contributed by atoms with E-state index in [4.69, 9.17) is 4.99 Å². The molecule has 1 unspecified atom stereocenters. The molecule has 154 valence electrons. The van der Waals surface area contributed by atoms with Gasteiger partial charge >= 0.3 is 0 Å². The normalized spacial score (nSPS) is 20.2. The number of likely N-dealkylation sites (N-methyl/N-ethyl adjacent to an activating group) is 1. The van der Waals surface area contributed by atoms with E-state index in [1.54, 1.807) is 4.90 Å². The minimum atomic E-state index is 0.0609. The minimum absolute atomic E-state index is 0.0609. The molecule has 1 N–H and O–H groups in total. The monoisotopic (exact) mass is 385 g/mol. The van der Waals surface area contributed by atoms with Crippen molar-refractivity contribution in [1.82, 2.24) is 20.0 Å². The van der Waals surface area contributed by atoms with E-state index in [9.17, 15) is 4.79 Å². The van der Waals surface area contributed by atoms with Gasteiger partial charge in [0.15, 0.2) is 5.96 Å². The van der Waals surface area contributed by atoms with Gasteiger partial charge in [-0.25, -0.2) is 0 Å². The first-order valence-corrected chi connectivity index (χ1v) is 10.7. The summed E-state index contributed by atoms with van der Waals surface area (Å²) >= 11 is 0. The molecule has 1 fully saturated rings. The third kappa shape index (κ3) is 5.04. The fourth-order valence-electron chi connectivity index (χ4n) is 4.23. The molecule has 6 nitrogen and oxygen atoms in total. The van der Waals surface area contributed by atoms with Gasteiger partial charge in [0.05, 0.1) is 6.04 Å². The van der Waals surface area contributed by atoms with Crippen LogP contribution in [0.3, 0.4) is 0 Å². The van der Waals surface area contributed by atoms with Crippen molar-refractivity contribution in [1.29, 1.82) is 0 Å². The Morgan fingerprint density at radius 2 is 2.04 bits per heavy atom. The van der Waals surface area contributed by atoms with Gasteiger partial charge in [0, 0.05) is 46.8 Å². The Morgan fingerprint density at radius 3 is 2.79 bits per heavy atom. The highest BCUT2D eigenvalue weighted by molar-refractivity contribution is 5.81. The van der Waals surface area contributed by atoms with Crippen LogP contribution in [-0.4, -0.2) is 79.4 Å². The second-order valence-corrected chi connectivity index (χ2v) is 7.96. The maximum Gasteiger partial charge on any atom is 0.239 e. The standard InChI is InChI=1S/C22H35N5O/c1-4-23-22(27-16-12-18-9-5-6-10-19(18)17-27)24-13-8-15-26-14-7-11-20(26)21(28)25(2)3/h5-6,9-10,20H,4,7-8,11-17H2,1-3H3,(H,23,24). The lowest BCUT2D eigenvalue weighted by Crippen LogP contribution is -2.44. The van der Waals surface area contributed by atoms with E-state index >= 15 is 0 Å². The Kier molecular flexibility index (Phi) is 7.31. The highest BCUT2D eigenvalue weighted by atomic mass is 16.2. The third-order valence-electron chi connectivity index (χ3n) is 5.72. The van der Waals surface area contributed by atoms with Crippen LogP contribution in [0.25, 0.3) is 0 Å². The van der Waals surface area contributed by atoms with E-state index in [1.165, 1.54) is 11.1 Å². The number of rotatable bonds is 6. The second-order valence-electron chi connectivity index (χ2n) is 7.96. The van der Waals surface area contributed by atoms with Gasteiger partial charge in [-0.3, -0.25) is 14.7 Å². The van der Waals surface area contributed by atoms with Gasteiger partial charge in [-0.2, -0.15) is 0 Å². The van der Waals surface area contributed by atoms with Gasteiger partial charge in [-0.15, -0.1) is 0 Å². The molecule has 0 saturated carbocycles. The van der Waals surface area contributed by atoms with Crippen LogP contribution >= 0.6 is 0 Å². The molecule has 1 aromatic carbocycles. The summed E-state index contributed by atoms with van der Waals surface area (Å²) < 4.78 is 0. The number of likely N-dealkylation sites (tertiary alicyclic amines) is 1. The molecule has 0 aromatic heterocycles. The summed E-state index contributed by atoms with van der Waals surface area (Å²) in [4.78, 5) is 23.6. The van der Waals surface area contributed by atoms with Crippen molar-refractivity contribution in [3.05, 3.63) is 35.4 Å². The number of carbonyl (C=O) groups excluding carboxylic acids is 1. The Balaban J connectivity index is 1.53. The van der Waals surface area contributed by atoms with Crippen LogP contribution in [0.4, 0.5) is 0 Å². The van der Waals surface area contributed by atoms with Crippen molar-refractivity contribution in [3.63, 3.8) is 0 Å². The molecule has 0 bridgehead atoms. The lowest BCUT2D eigenvalue weighted by molar-refractivity contribution is -0.133. The van der Waals surface area contributed by atoms with Gasteiger partial charge in [-0.1, -0.05) is 24.3 Å². The SMILES string of the molecule is CCNC(=NCCCN1CCCC1C(=O)N(C)C)N1CCc2ccccc2C1. The summed E-state index contributed by atoms with van der Waals surface area (Å²) in [6.45, 7) is 7.69. The zero-order chi connectivity index (χ0) is 19.9. The average Bonchev–Trinajstić information content (AvgIpc) is 3.17. The van der Waals surface area contributed by atoms with Crippen LogP contribution in [-0.2, 0) is 17.8 Å². The molecule has 1 aromatic rings. The molecule has 6 heteroatoms. The number of nitrogens with zero attached hydrogens (tertiary/aromatic N) is 4. The fraction of sp³-hybridized carbons (Fsp3) is 0.636. The molecule has 2 aliphatic rings. The molecule has 0 radical (unpaired) electrons. The molecular weight excluding hydrogens is 350 g/mol. The fourth-order valence-corrected chi connectivity index (χ4v) is 4.23. The van der Waals surface area contributed by atoms with Crippen molar-refractivity contribution in [3.8, 4) is 0 Å². The molecule has 1 atom stereocenters. The van der Waals surface area contributed by atoms with Crippen molar-refractivity contribution in [2.24, 2.45) is 4.99 Å². The molecule has 1 amide bonds. The Hall–Kier alpha value is -2.08. The Labute approximate surface area is 169 Å². The maximum atomic E-state index is 12.3. The molecule has 28 heavy (non-hydrogen) atoms. The Bertz CT molecular complexity index is 687. The third-order valence-corrected chi connectivity index (χ3v) is 5.72. The first kappa shape index (κ1) is 20.6. The van der Waals surface area contributed by atoms with Crippen molar-refractivity contribution >= 4 is 11.9 Å². The van der Waals surface area contributed by atoms with Gasteiger partial charge in [0.25, 0.3) is 0 Å². The number of hydrogen-bond donors (Lipinski definition) is 1. The molecular formula is C22H35N5O. The zero-order valence-electron chi connectivity index (χ0n) is 17.7. The summed E-state index contributed by atoms with van der Waals surface area (Å²) in [6, 6.07) is 8.76. The lowest BCUT2D eigenvalue weighted by Gasteiger charge is -2.31. The van der Waals surface area contributed by atoms with Gasteiger partial charge in [0.1, 0.15) is 0 Å². The quantitative estimate of drug-likeness (QED) is 0.462. The molecule has 1 saturated heterocycles. The summed E-state index contributed by atoms with van der Waals surface area (Å²) in [5.41, 5.74) is 2.86. The Morgan fingerprint density at radius 1 is 1.25 bits per heavy atom. The van der Waals surface area contributed by atoms with E-state index in [0.29, 0.717) is 0 Å². The number of guanidine groups is 1. The number of amides is 1. The van der Waals surface area contributed by atoms with Crippen LogP contribution < -0.4 is 5.32 Å². The molecule has 2 heterocycles. The summed E-state index contributed by atoms with van der Waals surface area (Å²) in [5.74, 6) is 1.25. The number of nitrogens with one attached hydrogen (secondary N) is 1. The molecule has 3 rings (SSSR count). The van der Waals surface area contributed by atoms with Crippen molar-refractivity contribution in [2.75, 3.05) is 46.8 Å². The second kappa shape index (κ2) is 9.92. The highest BCUT2D eigenvalue weighted by Gasteiger charge is 2.31. The number of carbonyl (C=O) groups is 1. The van der Waals surface area contributed by atoms with Crippen LogP contribution in [0.2, 0.25) is 0 Å². The van der Waals surface area contributed by atoms with Gasteiger partial charge in [-0.05, 0) is 50.3 Å². The summed E-state index contributed by atoms with van der Waals surface area (Å²) in [6.07, 6.45) is 4.15. The van der Waals surface area contributed by atoms with Crippen LogP contribution in [0, 0.1) is 0 Å². The predicted molar refractivity (Wildman–Crippen MR) is 114 cm³/mol. The van der Waals surface area contributed by atoms with E-state index in [0.717, 1.165) is 70.9 Å². The summed E-state index contributed by atoms with van der Waals surface area (Å²) in [5, 5.41) is 3.46. The van der Waals surface area contributed by atoms with E-state index in [1.807, 2.05) is 14.1 Å². The first-order valence-electron chi connectivity index (χ1n) is 10.7. The van der Waals surface area contributed by atoms with Crippen LogP contribution in [0.15, 0.2) is 29.3 Å². The largest absolute Gasteiger partial charge is 0.357 e. The van der Waals surface area contributed by atoms with Crippen LogP contribution in [0.1, 0.15) is 37.3 Å². The van der Waals surface area contributed by atoms with Crippen molar-refractivity contribution in [2.45, 2.75) is 45.2 Å². The average molecular weight is 386 g/mol. The smallest absolute Gasteiger partial charge is 0.239 e. The van der Waals surface area contributed by atoms with Gasteiger partial charge in [0.2, 0.25) is 5.91 Å². The molecule has 0 spiro atoms. The van der Waals surface area contributed by atoms with E-state index < -0.39 is 0 Å². The molecule has 2 aliphatic heterocycles. The maximum absolute atomic E-state index is 12.3. The van der Waals surface area contributed by atoms with Crippen molar-refractivity contribution < 1.29 is 4.79 Å². The zero-order valence-corrected chi connectivity index (χ0v) is 17.7. The minimum Gasteiger partial charge on any atom is -0.357 e. The topological polar surface area (TPSA) is 51.2 Å². The predicted octanol–water partition coefficient (Wildman–Crippen LogP) is 1.95. The van der Waals surface area contributed by atoms with E-state index in [-0.39, 0.29) is 11.9 Å². The number of fused-ring (bicyclic) bond motifs is 1. The number of aliphatic imine (C=N–C) groups is 1. The number of hydrogen-bond acceptors (Lipinski definition) is 3. The first-order chi connectivity index (χ1) is 13.6. The number of benzene rings is 1. The van der Waals surface area contributed by atoms with E-state index in [2.05, 4.69) is 46.3 Å². The van der Waals surface area contributed by atoms with Crippen LogP contribution in [0.5, 0.6) is 0 Å². The molecule has 0 aliphatic carbocycles. The summed E-state index contributed by atoms with van der Waals surface area (Å²) in [7, 11) is 3.70.